The third kappa shape index (κ3) is 8.55. The first-order chi connectivity index (χ1) is 15.0. The number of imidazole rings is 1. The van der Waals surface area contributed by atoms with Gasteiger partial charge < -0.3 is 36.9 Å². The Kier molecular flexibility index (Phi) is 10.6. The lowest BCUT2D eigenvalue weighted by atomic mass is 10.0. The van der Waals surface area contributed by atoms with Crippen LogP contribution < -0.4 is 21.7 Å². The van der Waals surface area contributed by atoms with Gasteiger partial charge in [-0.25, -0.2) is 9.78 Å². The summed E-state index contributed by atoms with van der Waals surface area (Å²) in [6.45, 7) is 3.24. The fourth-order valence-corrected chi connectivity index (χ4v) is 2.88. The monoisotopic (exact) mass is 472 g/mol. The Morgan fingerprint density at radius 2 is 1.66 bits per heavy atom. The van der Waals surface area contributed by atoms with Crippen LogP contribution in [0.2, 0.25) is 0 Å². The number of thiol groups is 1. The minimum absolute atomic E-state index is 0.0340. The molecule has 0 aliphatic rings. The average Bonchev–Trinajstić information content (AvgIpc) is 3.21. The van der Waals surface area contributed by atoms with Gasteiger partial charge in [-0.1, -0.05) is 13.8 Å². The van der Waals surface area contributed by atoms with E-state index in [1.807, 2.05) is 0 Å². The maximum absolute atomic E-state index is 12.8. The molecule has 1 aromatic rings. The summed E-state index contributed by atoms with van der Waals surface area (Å²) in [5.74, 6) is -5.50. The molecule has 0 spiro atoms. The minimum atomic E-state index is -1.38. The number of aromatic nitrogens is 2. The molecule has 3 amide bonds. The fourth-order valence-electron chi connectivity index (χ4n) is 2.62. The van der Waals surface area contributed by atoms with Gasteiger partial charge in [-0.15, -0.1) is 0 Å². The van der Waals surface area contributed by atoms with Gasteiger partial charge in [-0.05, 0) is 5.92 Å². The van der Waals surface area contributed by atoms with Gasteiger partial charge in [0.1, 0.15) is 18.1 Å². The molecule has 0 aromatic carbocycles. The zero-order chi connectivity index (χ0) is 24.4. The number of nitrogens with zero attached hydrogens (tertiary/aromatic N) is 1. The van der Waals surface area contributed by atoms with Crippen molar-refractivity contribution in [2.24, 2.45) is 11.7 Å². The molecular weight excluding hydrogens is 444 g/mol. The van der Waals surface area contributed by atoms with Crippen molar-refractivity contribution in [3.05, 3.63) is 18.2 Å². The molecule has 32 heavy (non-hydrogen) atoms. The molecule has 4 atom stereocenters. The van der Waals surface area contributed by atoms with Crippen LogP contribution in [0.15, 0.2) is 12.5 Å². The van der Waals surface area contributed by atoms with Crippen LogP contribution in [0.5, 0.6) is 0 Å². The van der Waals surface area contributed by atoms with E-state index in [0.717, 1.165) is 0 Å². The summed E-state index contributed by atoms with van der Waals surface area (Å²) in [4.78, 5) is 66.3. The second-order valence-electron chi connectivity index (χ2n) is 7.36. The Morgan fingerprint density at radius 3 is 2.12 bits per heavy atom. The largest absolute Gasteiger partial charge is 0.481 e. The molecule has 0 saturated heterocycles. The topological polar surface area (TPSA) is 217 Å². The Hall–Kier alpha value is -3.13. The maximum atomic E-state index is 12.8. The van der Waals surface area contributed by atoms with E-state index in [2.05, 4.69) is 38.5 Å². The van der Waals surface area contributed by atoms with Crippen molar-refractivity contribution in [3.8, 4) is 0 Å². The molecule has 4 unspecified atom stereocenters. The van der Waals surface area contributed by atoms with Crippen molar-refractivity contribution in [1.29, 1.82) is 0 Å². The Morgan fingerprint density at radius 1 is 1.06 bits per heavy atom. The minimum Gasteiger partial charge on any atom is -0.481 e. The summed E-state index contributed by atoms with van der Waals surface area (Å²) in [6, 6.07) is -4.98. The molecule has 0 bridgehead atoms. The third-order valence-electron chi connectivity index (χ3n) is 4.39. The van der Waals surface area contributed by atoms with Gasteiger partial charge in [0.2, 0.25) is 17.7 Å². The summed E-state index contributed by atoms with van der Waals surface area (Å²) >= 11 is 4.01. The molecule has 178 valence electrons. The zero-order valence-electron chi connectivity index (χ0n) is 17.6. The summed E-state index contributed by atoms with van der Waals surface area (Å²) < 4.78 is 0. The third-order valence-corrected chi connectivity index (χ3v) is 4.75. The van der Waals surface area contributed by atoms with E-state index >= 15 is 0 Å². The van der Waals surface area contributed by atoms with E-state index in [9.17, 15) is 29.1 Å². The summed E-state index contributed by atoms with van der Waals surface area (Å²) in [7, 11) is 0. The normalized spacial score (nSPS) is 14.7. The lowest BCUT2D eigenvalue weighted by molar-refractivity contribution is -0.143. The SMILES string of the molecule is CC(C)C(NC(=O)C(Cc1cnc[nH]1)NC(=O)C(CS)NC(=O)C(N)CC(=O)O)C(=O)O. The number of carbonyl (C=O) groups excluding carboxylic acids is 3. The van der Waals surface area contributed by atoms with Crippen LogP contribution >= 0.6 is 12.6 Å². The van der Waals surface area contributed by atoms with Gasteiger partial charge in [0, 0.05) is 24.1 Å². The molecule has 8 N–H and O–H groups in total. The van der Waals surface area contributed by atoms with Crippen LogP contribution in [0.4, 0.5) is 0 Å². The van der Waals surface area contributed by atoms with Crippen molar-refractivity contribution >= 4 is 42.3 Å². The van der Waals surface area contributed by atoms with E-state index in [1.54, 1.807) is 13.8 Å². The van der Waals surface area contributed by atoms with Gasteiger partial charge in [-0.2, -0.15) is 12.6 Å². The van der Waals surface area contributed by atoms with Crippen molar-refractivity contribution in [1.82, 2.24) is 25.9 Å². The van der Waals surface area contributed by atoms with Gasteiger partial charge >= 0.3 is 11.9 Å². The predicted octanol–water partition coefficient (Wildman–Crippen LogP) is -2.12. The molecule has 0 aliphatic heterocycles. The van der Waals surface area contributed by atoms with Crippen LogP contribution in [-0.2, 0) is 30.4 Å². The van der Waals surface area contributed by atoms with E-state index in [0.29, 0.717) is 5.69 Å². The quantitative estimate of drug-likeness (QED) is 0.147. The molecule has 1 aromatic heterocycles. The first-order valence-corrected chi connectivity index (χ1v) is 10.3. The highest BCUT2D eigenvalue weighted by atomic mass is 32.1. The number of rotatable bonds is 13. The van der Waals surface area contributed by atoms with Crippen LogP contribution in [0.1, 0.15) is 26.0 Å². The number of amides is 3. The first kappa shape index (κ1) is 26.9. The van der Waals surface area contributed by atoms with E-state index in [1.165, 1.54) is 12.5 Å². The number of aromatic amines is 1. The fraction of sp³-hybridized carbons (Fsp3) is 0.556. The van der Waals surface area contributed by atoms with E-state index < -0.39 is 66.2 Å². The van der Waals surface area contributed by atoms with Gasteiger partial charge in [0.25, 0.3) is 0 Å². The van der Waals surface area contributed by atoms with E-state index in [-0.39, 0.29) is 12.2 Å². The highest BCUT2D eigenvalue weighted by molar-refractivity contribution is 7.80. The highest BCUT2D eigenvalue weighted by Crippen LogP contribution is 2.05. The number of carboxylic acid groups (broad SMARTS) is 2. The molecule has 0 saturated carbocycles. The molecule has 14 heteroatoms. The average molecular weight is 473 g/mol. The van der Waals surface area contributed by atoms with E-state index in [4.69, 9.17) is 10.8 Å². The second-order valence-corrected chi connectivity index (χ2v) is 7.72. The van der Waals surface area contributed by atoms with Crippen LogP contribution in [0.3, 0.4) is 0 Å². The summed E-state index contributed by atoms with van der Waals surface area (Å²) in [5.41, 5.74) is 5.99. The van der Waals surface area contributed by atoms with Gasteiger partial charge in [0.15, 0.2) is 0 Å². The lowest BCUT2D eigenvalue weighted by Gasteiger charge is -2.25. The van der Waals surface area contributed by atoms with Crippen molar-refractivity contribution in [2.75, 3.05) is 5.75 Å². The van der Waals surface area contributed by atoms with Crippen LogP contribution in [0.25, 0.3) is 0 Å². The molecule has 1 rings (SSSR count). The Bertz CT molecular complexity index is 817. The number of nitrogens with one attached hydrogen (secondary N) is 4. The second kappa shape index (κ2) is 12.7. The molecule has 0 aliphatic carbocycles. The van der Waals surface area contributed by atoms with Crippen molar-refractivity contribution in [3.63, 3.8) is 0 Å². The number of hydrogen-bond acceptors (Lipinski definition) is 8. The van der Waals surface area contributed by atoms with Crippen molar-refractivity contribution < 1.29 is 34.2 Å². The lowest BCUT2D eigenvalue weighted by Crippen LogP contribution is -2.58. The molecule has 0 radical (unpaired) electrons. The molecule has 0 fully saturated rings. The summed E-state index contributed by atoms with van der Waals surface area (Å²) in [5, 5.41) is 25.2. The van der Waals surface area contributed by atoms with Gasteiger partial charge in [0.05, 0.1) is 18.8 Å². The Balaban J connectivity index is 2.95. The Labute approximate surface area is 189 Å². The standard InChI is InChI=1S/C18H28N6O7S/c1-8(2)14(18(30)31)24-16(28)11(3-9-5-20-7-21-9)22-17(29)12(6-32)23-15(27)10(19)4-13(25)26/h5,7-8,10-12,14,32H,3-4,6,19H2,1-2H3,(H,20,21)(H,22,29)(H,23,27)(H,24,28)(H,25,26)(H,30,31). The van der Waals surface area contributed by atoms with Gasteiger partial charge in [-0.3, -0.25) is 19.2 Å². The van der Waals surface area contributed by atoms with Crippen LogP contribution in [-0.4, -0.2) is 79.8 Å². The smallest absolute Gasteiger partial charge is 0.326 e. The van der Waals surface area contributed by atoms with Crippen molar-refractivity contribution in [2.45, 2.75) is 50.9 Å². The maximum Gasteiger partial charge on any atom is 0.326 e. The highest BCUT2D eigenvalue weighted by Gasteiger charge is 2.31. The number of carboxylic acids is 2. The molecule has 13 nitrogen and oxygen atoms in total. The molecular formula is C18H28N6O7S. The number of nitrogens with two attached hydrogens (primary N) is 1. The first-order valence-electron chi connectivity index (χ1n) is 9.65. The number of carbonyl (C=O) groups is 5. The zero-order valence-corrected chi connectivity index (χ0v) is 18.5. The predicted molar refractivity (Wildman–Crippen MR) is 115 cm³/mol. The number of H-pyrrole nitrogens is 1. The number of hydrogen-bond donors (Lipinski definition) is 8. The summed E-state index contributed by atoms with van der Waals surface area (Å²) in [6.07, 6.45) is 2.14. The number of aliphatic carboxylic acids is 2. The van der Waals surface area contributed by atoms with Crippen LogP contribution in [0, 0.1) is 5.92 Å². The molecule has 1 heterocycles.